The molecule has 0 saturated carbocycles. The molecule has 0 fully saturated rings. The lowest BCUT2D eigenvalue weighted by Crippen LogP contribution is -2.07. The molecule has 0 radical (unpaired) electrons. The minimum Gasteiger partial charge on any atom is -0.339 e. The van der Waals surface area contributed by atoms with Gasteiger partial charge in [0.05, 0.1) is 7.14 Å². The Hall–Kier alpha value is -1.12. The lowest BCUT2D eigenvalue weighted by Gasteiger charge is -2.13. The van der Waals surface area contributed by atoms with Crippen LogP contribution in [-0.2, 0) is 23.8 Å². The average Bonchev–Trinajstić information content (AvgIpc) is 2.84. The number of aryl methyl sites for hydroxylation is 2. The molecule has 0 aliphatic heterocycles. The Balaban J connectivity index is 1.95. The molecule has 0 N–H and O–H groups in total. The van der Waals surface area contributed by atoms with Crippen LogP contribution in [0.3, 0.4) is 0 Å². The second-order valence-electron chi connectivity index (χ2n) is 5.68. The number of aromatic nitrogens is 2. The summed E-state index contributed by atoms with van der Waals surface area (Å²) in [5.41, 5.74) is 1.13. The van der Waals surface area contributed by atoms with E-state index in [2.05, 4.69) is 10.1 Å². The highest BCUT2D eigenvalue weighted by molar-refractivity contribution is 7.63. The maximum Gasteiger partial charge on any atom is 0.226 e. The zero-order valence-corrected chi connectivity index (χ0v) is 14.2. The van der Waals surface area contributed by atoms with Crippen LogP contribution in [0.15, 0.2) is 28.8 Å². The van der Waals surface area contributed by atoms with Gasteiger partial charge < -0.3 is 9.09 Å². The molecule has 1 atom stereocenters. The fourth-order valence-corrected chi connectivity index (χ4v) is 2.73. The second-order valence-corrected chi connectivity index (χ2v) is 9.84. The smallest absolute Gasteiger partial charge is 0.226 e. The summed E-state index contributed by atoms with van der Waals surface area (Å²) in [5, 5.41) is 4.72. The lowest BCUT2D eigenvalue weighted by molar-refractivity contribution is 0.373. The zero-order chi connectivity index (χ0) is 15.5. The maximum absolute atomic E-state index is 12.0. The average molecular weight is 327 g/mol. The normalized spacial score (nSPS) is 13.3. The quantitative estimate of drug-likeness (QED) is 0.751. The van der Waals surface area contributed by atoms with E-state index in [0.29, 0.717) is 24.6 Å². The summed E-state index contributed by atoms with van der Waals surface area (Å²) in [6.07, 6.45) is 2.00. The highest BCUT2D eigenvalue weighted by atomic mass is 35.5. The van der Waals surface area contributed by atoms with Crippen molar-refractivity contribution < 1.29 is 9.09 Å². The molecule has 0 aliphatic carbocycles. The first-order chi connectivity index (χ1) is 9.86. The summed E-state index contributed by atoms with van der Waals surface area (Å²) in [6.45, 7) is 5.53. The Bertz CT molecular complexity index is 651. The van der Waals surface area contributed by atoms with Crippen LogP contribution in [0, 0.1) is 0 Å². The van der Waals surface area contributed by atoms with Gasteiger partial charge in [0.25, 0.3) is 0 Å². The standard InChI is InChI=1S/C15H20ClN2O2P/c1-11(21(2,3)19)10-14-17-15(20-18-14)9-8-12-6-4-5-7-13(12)16/h4-7,11H,8-10H2,1-3H3. The molecule has 0 amide bonds. The third-order valence-electron chi connectivity index (χ3n) is 3.62. The van der Waals surface area contributed by atoms with Gasteiger partial charge in [-0.2, -0.15) is 4.98 Å². The fourth-order valence-electron chi connectivity index (χ4n) is 1.90. The highest BCUT2D eigenvalue weighted by Gasteiger charge is 2.21. The Morgan fingerprint density at radius 1 is 1.29 bits per heavy atom. The van der Waals surface area contributed by atoms with Crippen molar-refractivity contribution in [2.24, 2.45) is 0 Å². The Morgan fingerprint density at radius 2 is 2.00 bits per heavy atom. The van der Waals surface area contributed by atoms with Crippen LogP contribution in [0.1, 0.15) is 24.2 Å². The Labute approximate surface area is 130 Å². The van der Waals surface area contributed by atoms with Gasteiger partial charge in [0.1, 0.15) is 0 Å². The molecule has 6 heteroatoms. The molecule has 1 aromatic heterocycles. The van der Waals surface area contributed by atoms with Crippen molar-refractivity contribution in [3.8, 4) is 0 Å². The van der Waals surface area contributed by atoms with Crippen LogP contribution in [0.5, 0.6) is 0 Å². The van der Waals surface area contributed by atoms with E-state index in [9.17, 15) is 4.57 Å². The van der Waals surface area contributed by atoms with E-state index in [-0.39, 0.29) is 5.66 Å². The van der Waals surface area contributed by atoms with Crippen molar-refractivity contribution in [1.29, 1.82) is 0 Å². The second kappa shape index (κ2) is 6.76. The largest absolute Gasteiger partial charge is 0.339 e. The Kier molecular flexibility index (Phi) is 5.23. The van der Waals surface area contributed by atoms with Crippen molar-refractivity contribution in [1.82, 2.24) is 10.1 Å². The molecule has 0 spiro atoms. The topological polar surface area (TPSA) is 56.0 Å². The van der Waals surface area contributed by atoms with Gasteiger partial charge >= 0.3 is 0 Å². The van der Waals surface area contributed by atoms with Gasteiger partial charge in [-0.05, 0) is 31.4 Å². The number of rotatable bonds is 6. The molecule has 21 heavy (non-hydrogen) atoms. The minimum absolute atomic E-state index is 0.0616. The number of benzene rings is 1. The molecule has 1 heterocycles. The van der Waals surface area contributed by atoms with Gasteiger partial charge in [-0.1, -0.05) is 41.9 Å². The molecule has 1 unspecified atom stereocenters. The van der Waals surface area contributed by atoms with Crippen molar-refractivity contribution in [2.75, 3.05) is 13.3 Å². The van der Waals surface area contributed by atoms with E-state index in [1.165, 1.54) is 0 Å². The van der Waals surface area contributed by atoms with E-state index in [1.54, 1.807) is 13.3 Å². The molecular formula is C15H20ClN2O2P. The summed E-state index contributed by atoms with van der Waals surface area (Å²) >= 11 is 6.12. The molecular weight excluding hydrogens is 307 g/mol. The first kappa shape index (κ1) is 16.3. The van der Waals surface area contributed by atoms with Crippen molar-refractivity contribution in [3.63, 3.8) is 0 Å². The molecule has 4 nitrogen and oxygen atoms in total. The molecule has 0 bridgehead atoms. The third-order valence-corrected chi connectivity index (χ3v) is 6.29. The SMILES string of the molecule is CC(Cc1noc(CCc2ccccc2Cl)n1)P(C)(C)=O. The van der Waals surface area contributed by atoms with Crippen LogP contribution in [-0.4, -0.2) is 29.1 Å². The van der Waals surface area contributed by atoms with Crippen LogP contribution in [0.4, 0.5) is 0 Å². The molecule has 2 aromatic rings. The van der Waals surface area contributed by atoms with E-state index in [0.717, 1.165) is 17.0 Å². The fraction of sp³-hybridized carbons (Fsp3) is 0.467. The van der Waals surface area contributed by atoms with Gasteiger partial charge in [0, 0.05) is 23.5 Å². The molecule has 2 rings (SSSR count). The summed E-state index contributed by atoms with van der Waals surface area (Å²) < 4.78 is 17.2. The number of halogens is 1. The lowest BCUT2D eigenvalue weighted by atomic mass is 10.1. The summed E-state index contributed by atoms with van der Waals surface area (Å²) in [4.78, 5) is 4.37. The minimum atomic E-state index is -2.12. The molecule has 1 aromatic carbocycles. The summed E-state index contributed by atoms with van der Waals surface area (Å²) in [7, 11) is -2.12. The first-order valence-electron chi connectivity index (χ1n) is 6.96. The van der Waals surface area contributed by atoms with Gasteiger partial charge in [0.15, 0.2) is 5.82 Å². The first-order valence-corrected chi connectivity index (χ1v) is 10.0. The predicted molar refractivity (Wildman–Crippen MR) is 85.8 cm³/mol. The van der Waals surface area contributed by atoms with Crippen molar-refractivity contribution in [3.05, 3.63) is 46.6 Å². The summed E-state index contributed by atoms with van der Waals surface area (Å²) in [5.74, 6) is 1.22. The zero-order valence-electron chi connectivity index (χ0n) is 12.5. The van der Waals surface area contributed by atoms with Crippen molar-refractivity contribution >= 4 is 18.7 Å². The van der Waals surface area contributed by atoms with Crippen LogP contribution < -0.4 is 0 Å². The van der Waals surface area contributed by atoms with Crippen molar-refractivity contribution in [2.45, 2.75) is 31.8 Å². The van der Waals surface area contributed by atoms with Gasteiger partial charge in [0.2, 0.25) is 5.89 Å². The van der Waals surface area contributed by atoms with Crippen LogP contribution >= 0.6 is 18.7 Å². The highest BCUT2D eigenvalue weighted by Crippen LogP contribution is 2.43. The summed E-state index contributed by atoms with van der Waals surface area (Å²) in [6, 6.07) is 7.73. The van der Waals surface area contributed by atoms with Crippen LogP contribution in [0.2, 0.25) is 5.02 Å². The molecule has 0 aliphatic rings. The van der Waals surface area contributed by atoms with Gasteiger partial charge in [-0.3, -0.25) is 0 Å². The van der Waals surface area contributed by atoms with Gasteiger partial charge in [-0.25, -0.2) is 0 Å². The monoisotopic (exact) mass is 326 g/mol. The van der Waals surface area contributed by atoms with E-state index in [4.69, 9.17) is 16.1 Å². The van der Waals surface area contributed by atoms with E-state index in [1.807, 2.05) is 31.2 Å². The van der Waals surface area contributed by atoms with E-state index < -0.39 is 7.14 Å². The maximum atomic E-state index is 12.0. The third kappa shape index (κ3) is 4.69. The van der Waals surface area contributed by atoms with Crippen LogP contribution in [0.25, 0.3) is 0 Å². The van der Waals surface area contributed by atoms with Gasteiger partial charge in [-0.15, -0.1) is 0 Å². The number of hydrogen-bond donors (Lipinski definition) is 0. The number of hydrogen-bond acceptors (Lipinski definition) is 4. The Morgan fingerprint density at radius 3 is 2.67 bits per heavy atom. The molecule has 0 saturated heterocycles. The predicted octanol–water partition coefficient (Wildman–Crippen LogP) is 4.06. The number of nitrogens with zero attached hydrogens (tertiary/aromatic N) is 2. The molecule has 114 valence electrons. The van der Waals surface area contributed by atoms with E-state index >= 15 is 0 Å².